The van der Waals surface area contributed by atoms with Crippen molar-refractivity contribution in [2.45, 2.75) is 31.2 Å². The molecule has 0 aliphatic carbocycles. The zero-order chi connectivity index (χ0) is 18.3. The van der Waals surface area contributed by atoms with Crippen molar-refractivity contribution in [3.05, 3.63) is 35.9 Å². The van der Waals surface area contributed by atoms with E-state index in [1.54, 1.807) is 0 Å². The summed E-state index contributed by atoms with van der Waals surface area (Å²) < 4.78 is 0. The standard InChI is InChI=1S/C16H24N4O5/c17-14(22)16(20(8-9-21)15(23)24)7-6-13(10-18-16)19-25-11-12-4-2-1-3-5-12/h1-5,13,18-19,21H,6-11H2,(H2,17,22)(H,23,24)/t13-,16-/m1/s1. The first-order chi connectivity index (χ1) is 12.0. The normalized spacial score (nSPS) is 23.2. The Kier molecular flexibility index (Phi) is 6.71. The Labute approximate surface area is 145 Å². The van der Waals surface area contributed by atoms with Crippen LogP contribution in [0.15, 0.2) is 30.3 Å². The van der Waals surface area contributed by atoms with Crippen LogP contribution in [0.1, 0.15) is 18.4 Å². The summed E-state index contributed by atoms with van der Waals surface area (Å²) in [5, 5.41) is 21.3. The summed E-state index contributed by atoms with van der Waals surface area (Å²) in [5.41, 5.74) is 7.87. The van der Waals surface area contributed by atoms with Crippen LogP contribution in [0.3, 0.4) is 0 Å². The Morgan fingerprint density at radius 2 is 2.12 bits per heavy atom. The van der Waals surface area contributed by atoms with E-state index >= 15 is 0 Å². The largest absolute Gasteiger partial charge is 0.465 e. The fraction of sp³-hybridized carbons (Fsp3) is 0.500. The third-order valence-corrected chi connectivity index (χ3v) is 4.25. The van der Waals surface area contributed by atoms with Crippen LogP contribution in [0.5, 0.6) is 0 Å². The molecule has 0 radical (unpaired) electrons. The fourth-order valence-corrected chi connectivity index (χ4v) is 2.91. The number of carbonyl (C=O) groups excluding carboxylic acids is 1. The van der Waals surface area contributed by atoms with Gasteiger partial charge in [-0.25, -0.2) is 4.79 Å². The molecule has 1 aliphatic rings. The predicted molar refractivity (Wildman–Crippen MR) is 89.1 cm³/mol. The first-order valence-corrected chi connectivity index (χ1v) is 8.07. The van der Waals surface area contributed by atoms with Gasteiger partial charge < -0.3 is 15.9 Å². The number of hydrogen-bond acceptors (Lipinski definition) is 6. The Bertz CT molecular complexity index is 575. The van der Waals surface area contributed by atoms with Gasteiger partial charge in [-0.15, -0.1) is 0 Å². The maximum atomic E-state index is 11.9. The molecule has 2 amide bonds. The lowest BCUT2D eigenvalue weighted by Gasteiger charge is -2.44. The van der Waals surface area contributed by atoms with E-state index in [0.29, 0.717) is 19.6 Å². The van der Waals surface area contributed by atoms with Crippen LogP contribution in [0.2, 0.25) is 0 Å². The highest BCUT2D eigenvalue weighted by atomic mass is 16.6. The van der Waals surface area contributed by atoms with Crippen molar-refractivity contribution < 1.29 is 24.6 Å². The van der Waals surface area contributed by atoms with Gasteiger partial charge in [0.05, 0.1) is 13.2 Å². The van der Waals surface area contributed by atoms with Crippen LogP contribution in [-0.2, 0) is 16.2 Å². The molecule has 1 aromatic carbocycles. The Balaban J connectivity index is 1.90. The smallest absolute Gasteiger partial charge is 0.409 e. The number of nitrogens with two attached hydrogens (primary N) is 1. The van der Waals surface area contributed by atoms with Gasteiger partial charge in [0.2, 0.25) is 0 Å². The molecule has 0 unspecified atom stereocenters. The van der Waals surface area contributed by atoms with E-state index in [4.69, 9.17) is 15.7 Å². The van der Waals surface area contributed by atoms with E-state index in [0.717, 1.165) is 10.5 Å². The number of carbonyl (C=O) groups is 2. The highest BCUT2D eigenvalue weighted by Gasteiger charge is 2.47. The van der Waals surface area contributed by atoms with E-state index in [1.165, 1.54) is 0 Å². The van der Waals surface area contributed by atoms with E-state index in [1.807, 2.05) is 30.3 Å². The summed E-state index contributed by atoms with van der Waals surface area (Å²) in [4.78, 5) is 29.7. The number of aliphatic hydroxyl groups excluding tert-OH is 1. The van der Waals surface area contributed by atoms with E-state index in [9.17, 15) is 14.7 Å². The molecule has 0 spiro atoms. The second-order valence-electron chi connectivity index (χ2n) is 5.89. The van der Waals surface area contributed by atoms with Crippen LogP contribution in [0.25, 0.3) is 0 Å². The molecule has 6 N–H and O–H groups in total. The maximum absolute atomic E-state index is 11.9. The predicted octanol–water partition coefficient (Wildman–Crippen LogP) is -0.386. The third kappa shape index (κ3) is 4.67. The number of aliphatic hydroxyl groups is 1. The van der Waals surface area contributed by atoms with Gasteiger partial charge in [-0.2, -0.15) is 5.48 Å². The summed E-state index contributed by atoms with van der Waals surface area (Å²) in [6.45, 7) is 0.0930. The molecule has 0 aromatic heterocycles. The minimum Gasteiger partial charge on any atom is -0.465 e. The van der Waals surface area contributed by atoms with Crippen molar-refractivity contribution >= 4 is 12.0 Å². The number of benzene rings is 1. The van der Waals surface area contributed by atoms with Crippen LogP contribution in [0.4, 0.5) is 4.79 Å². The molecule has 1 aromatic rings. The molecule has 0 saturated carbocycles. The SMILES string of the molecule is NC(=O)[C@]1(N(CCO)C(=O)O)CC[C@@H](NOCc2ccccc2)CN1. The Morgan fingerprint density at radius 3 is 2.64 bits per heavy atom. The molecule has 9 heteroatoms. The number of piperidine rings is 1. The number of nitrogens with one attached hydrogen (secondary N) is 2. The Morgan fingerprint density at radius 1 is 1.40 bits per heavy atom. The van der Waals surface area contributed by atoms with Gasteiger partial charge in [0.1, 0.15) is 0 Å². The second-order valence-corrected chi connectivity index (χ2v) is 5.89. The second kappa shape index (κ2) is 8.77. The Hall–Kier alpha value is -2.20. The molecule has 25 heavy (non-hydrogen) atoms. The van der Waals surface area contributed by atoms with Crippen molar-refractivity contribution in [1.29, 1.82) is 0 Å². The summed E-state index contributed by atoms with van der Waals surface area (Å²) >= 11 is 0. The van der Waals surface area contributed by atoms with Crippen molar-refractivity contribution in [2.24, 2.45) is 5.73 Å². The third-order valence-electron chi connectivity index (χ3n) is 4.25. The number of primary amides is 1. The minimum atomic E-state index is -1.52. The average Bonchev–Trinajstić information content (AvgIpc) is 2.61. The number of rotatable bonds is 8. The lowest BCUT2D eigenvalue weighted by atomic mass is 9.92. The summed E-state index contributed by atoms with van der Waals surface area (Å²) in [6.07, 6.45) is -0.645. The topological polar surface area (TPSA) is 137 Å². The molecule has 1 saturated heterocycles. The zero-order valence-corrected chi connectivity index (χ0v) is 13.9. The molecule has 1 aliphatic heterocycles. The molecule has 0 bridgehead atoms. The summed E-state index contributed by atoms with van der Waals surface area (Å²) in [7, 11) is 0. The van der Waals surface area contributed by atoms with Crippen molar-refractivity contribution in [3.63, 3.8) is 0 Å². The molecule has 9 nitrogen and oxygen atoms in total. The van der Waals surface area contributed by atoms with Crippen molar-refractivity contribution in [1.82, 2.24) is 15.7 Å². The minimum absolute atomic E-state index is 0.0963. The van der Waals surface area contributed by atoms with Gasteiger partial charge in [0, 0.05) is 19.1 Å². The van der Waals surface area contributed by atoms with E-state index < -0.39 is 24.3 Å². The number of amides is 2. The van der Waals surface area contributed by atoms with E-state index in [2.05, 4.69) is 10.8 Å². The molecular weight excluding hydrogens is 328 g/mol. The van der Waals surface area contributed by atoms with Crippen LogP contribution in [-0.4, -0.2) is 58.5 Å². The summed E-state index contributed by atoms with van der Waals surface area (Å²) in [6, 6.07) is 9.55. The van der Waals surface area contributed by atoms with Crippen LogP contribution in [0, 0.1) is 0 Å². The molecule has 2 atom stereocenters. The molecular formula is C16H24N4O5. The monoisotopic (exact) mass is 352 g/mol. The van der Waals surface area contributed by atoms with Gasteiger partial charge in [-0.3, -0.25) is 19.8 Å². The quantitative estimate of drug-likeness (QED) is 0.402. The number of nitrogens with zero attached hydrogens (tertiary/aromatic N) is 1. The highest BCUT2D eigenvalue weighted by molar-refractivity contribution is 5.88. The molecule has 1 fully saturated rings. The number of hydroxylamine groups is 1. The van der Waals surface area contributed by atoms with Gasteiger partial charge in [-0.05, 0) is 18.4 Å². The van der Waals surface area contributed by atoms with Crippen LogP contribution >= 0.6 is 0 Å². The molecule has 1 heterocycles. The molecule has 138 valence electrons. The van der Waals surface area contributed by atoms with Gasteiger partial charge in [0.15, 0.2) is 5.66 Å². The number of hydrogen-bond donors (Lipinski definition) is 5. The van der Waals surface area contributed by atoms with Gasteiger partial charge in [0.25, 0.3) is 5.91 Å². The fourth-order valence-electron chi connectivity index (χ4n) is 2.91. The first-order valence-electron chi connectivity index (χ1n) is 8.07. The first kappa shape index (κ1) is 19.1. The maximum Gasteiger partial charge on any atom is 0.409 e. The van der Waals surface area contributed by atoms with Crippen molar-refractivity contribution in [2.75, 3.05) is 19.7 Å². The van der Waals surface area contributed by atoms with Crippen molar-refractivity contribution in [3.8, 4) is 0 Å². The lowest BCUT2D eigenvalue weighted by molar-refractivity contribution is -0.135. The number of carboxylic acid groups (broad SMARTS) is 1. The van der Waals surface area contributed by atoms with E-state index in [-0.39, 0.29) is 19.0 Å². The zero-order valence-electron chi connectivity index (χ0n) is 13.9. The molecule has 2 rings (SSSR count). The lowest BCUT2D eigenvalue weighted by Crippen LogP contribution is -2.71. The highest BCUT2D eigenvalue weighted by Crippen LogP contribution is 2.24. The summed E-state index contributed by atoms with van der Waals surface area (Å²) in [5.74, 6) is -0.785. The van der Waals surface area contributed by atoms with Gasteiger partial charge in [-0.1, -0.05) is 30.3 Å². The van der Waals surface area contributed by atoms with Crippen LogP contribution < -0.4 is 16.5 Å². The average molecular weight is 352 g/mol. The van der Waals surface area contributed by atoms with Gasteiger partial charge >= 0.3 is 6.09 Å².